The first kappa shape index (κ1) is 15.8. The van der Waals surface area contributed by atoms with E-state index in [1.165, 1.54) is 0 Å². The summed E-state index contributed by atoms with van der Waals surface area (Å²) in [5, 5.41) is 0. The van der Waals surface area contributed by atoms with Crippen molar-refractivity contribution in [2.75, 3.05) is 0 Å². The summed E-state index contributed by atoms with van der Waals surface area (Å²) >= 11 is 0. The van der Waals surface area contributed by atoms with Gasteiger partial charge in [-0.2, -0.15) is 0 Å². The molecular formula is C18H28O4. The van der Waals surface area contributed by atoms with Gasteiger partial charge in [-0.25, -0.2) is 0 Å². The van der Waals surface area contributed by atoms with E-state index in [0.29, 0.717) is 19.3 Å². The van der Waals surface area contributed by atoms with E-state index in [-0.39, 0.29) is 22.8 Å². The van der Waals surface area contributed by atoms with Crippen molar-refractivity contribution < 1.29 is 19.1 Å². The minimum atomic E-state index is -0.431. The van der Waals surface area contributed by atoms with Gasteiger partial charge in [0.1, 0.15) is 11.2 Å². The Kier molecular flexibility index (Phi) is 3.39. The van der Waals surface area contributed by atoms with E-state index in [1.54, 1.807) is 0 Å². The minimum absolute atomic E-state index is 0.103. The lowest BCUT2D eigenvalue weighted by molar-refractivity contribution is -0.266. The van der Waals surface area contributed by atoms with E-state index >= 15 is 0 Å². The molecule has 4 bridgehead atoms. The van der Waals surface area contributed by atoms with Crippen molar-refractivity contribution in [3.8, 4) is 0 Å². The molecule has 0 aromatic carbocycles. The molecule has 0 saturated heterocycles. The number of esters is 2. The minimum Gasteiger partial charge on any atom is -0.459 e. The molecule has 0 spiro atoms. The molecule has 124 valence electrons. The van der Waals surface area contributed by atoms with Crippen LogP contribution in [-0.2, 0) is 19.1 Å². The largest absolute Gasteiger partial charge is 0.459 e. The van der Waals surface area contributed by atoms with Gasteiger partial charge in [0.05, 0.1) is 0 Å². The van der Waals surface area contributed by atoms with E-state index in [1.807, 2.05) is 13.8 Å². The van der Waals surface area contributed by atoms with Gasteiger partial charge in [-0.15, -0.1) is 0 Å². The van der Waals surface area contributed by atoms with Crippen molar-refractivity contribution in [3.05, 3.63) is 0 Å². The van der Waals surface area contributed by atoms with Crippen LogP contribution in [0.5, 0.6) is 0 Å². The van der Waals surface area contributed by atoms with Gasteiger partial charge in [-0.3, -0.25) is 9.59 Å². The van der Waals surface area contributed by atoms with Gasteiger partial charge in [-0.05, 0) is 42.9 Å². The van der Waals surface area contributed by atoms with E-state index in [9.17, 15) is 9.59 Å². The van der Waals surface area contributed by atoms with Gasteiger partial charge in [0, 0.05) is 19.3 Å². The molecule has 4 rings (SSSR count). The Balaban J connectivity index is 1.95. The highest BCUT2D eigenvalue weighted by Gasteiger charge is 2.68. The average Bonchev–Trinajstić information content (AvgIpc) is 2.32. The second-order valence-corrected chi connectivity index (χ2v) is 8.70. The number of hydrogen-bond acceptors (Lipinski definition) is 4. The maximum atomic E-state index is 12.0. The van der Waals surface area contributed by atoms with Crippen LogP contribution in [-0.4, -0.2) is 23.1 Å². The van der Waals surface area contributed by atoms with E-state index < -0.39 is 11.2 Å². The Bertz CT molecular complexity index is 451. The van der Waals surface area contributed by atoms with Crippen molar-refractivity contribution in [1.29, 1.82) is 0 Å². The summed E-state index contributed by atoms with van der Waals surface area (Å²) in [6.07, 6.45) is 6.26. The molecule has 0 aliphatic heterocycles. The summed E-state index contributed by atoms with van der Waals surface area (Å²) in [4.78, 5) is 23.9. The van der Waals surface area contributed by atoms with Crippen LogP contribution in [0.4, 0.5) is 0 Å². The van der Waals surface area contributed by atoms with Gasteiger partial charge in [0.25, 0.3) is 0 Å². The van der Waals surface area contributed by atoms with Crippen molar-refractivity contribution in [3.63, 3.8) is 0 Å². The zero-order chi connectivity index (χ0) is 16.2. The highest BCUT2D eigenvalue weighted by Crippen LogP contribution is 2.69. The molecule has 4 saturated carbocycles. The lowest BCUT2D eigenvalue weighted by atomic mass is 9.42. The van der Waals surface area contributed by atoms with Crippen LogP contribution < -0.4 is 0 Å². The van der Waals surface area contributed by atoms with Crippen molar-refractivity contribution in [1.82, 2.24) is 0 Å². The lowest BCUT2D eigenvalue weighted by Crippen LogP contribution is -2.67. The number of hydrogen-bond donors (Lipinski definition) is 0. The summed E-state index contributed by atoms with van der Waals surface area (Å²) in [6, 6.07) is 0. The third kappa shape index (κ3) is 2.55. The van der Waals surface area contributed by atoms with Crippen molar-refractivity contribution in [2.45, 2.75) is 90.3 Å². The van der Waals surface area contributed by atoms with Gasteiger partial charge < -0.3 is 9.47 Å². The number of rotatable bonds is 4. The quantitative estimate of drug-likeness (QED) is 0.742. The predicted octanol–water partition coefficient (Wildman–Crippen LogP) is 3.76. The maximum Gasteiger partial charge on any atom is 0.306 e. The smallest absolute Gasteiger partial charge is 0.306 e. The van der Waals surface area contributed by atoms with Gasteiger partial charge in [0.15, 0.2) is 0 Å². The monoisotopic (exact) mass is 308 g/mol. The Labute approximate surface area is 132 Å². The Hall–Kier alpha value is -1.06. The first-order valence-electron chi connectivity index (χ1n) is 8.59. The molecule has 0 unspecified atom stereocenters. The van der Waals surface area contributed by atoms with Gasteiger partial charge >= 0.3 is 11.9 Å². The third-order valence-electron chi connectivity index (χ3n) is 5.73. The normalized spacial score (nSPS) is 45.6. The van der Waals surface area contributed by atoms with E-state index in [0.717, 1.165) is 32.1 Å². The number of carbonyl (C=O) groups is 2. The van der Waals surface area contributed by atoms with E-state index in [4.69, 9.17) is 9.47 Å². The predicted molar refractivity (Wildman–Crippen MR) is 82.1 cm³/mol. The standard InChI is InChI=1S/C18H28O4/c1-5-13(19)21-17-8-15(3)7-16(4,9-17)11-18(10-15,12-17)22-14(20)6-2/h5-12H2,1-4H3. The van der Waals surface area contributed by atoms with Crippen molar-refractivity contribution in [2.24, 2.45) is 10.8 Å². The highest BCUT2D eigenvalue weighted by molar-refractivity contribution is 5.70. The molecule has 0 N–H and O–H groups in total. The Morgan fingerprint density at radius 2 is 1.09 bits per heavy atom. The number of ether oxygens (including phenoxy) is 2. The Morgan fingerprint density at radius 1 is 0.727 bits per heavy atom. The molecular weight excluding hydrogens is 280 g/mol. The molecule has 0 aromatic rings. The van der Waals surface area contributed by atoms with Crippen LogP contribution in [0.25, 0.3) is 0 Å². The fourth-order valence-corrected chi connectivity index (χ4v) is 6.32. The van der Waals surface area contributed by atoms with Crippen LogP contribution in [0.1, 0.15) is 79.1 Å². The average molecular weight is 308 g/mol. The SMILES string of the molecule is CCC(=O)OC12CC3(C)CC(C)(C1)CC(OC(=O)CC)(C3)C2. The molecule has 0 aromatic heterocycles. The molecule has 4 nitrogen and oxygen atoms in total. The van der Waals surface area contributed by atoms with Crippen LogP contribution in [0.2, 0.25) is 0 Å². The summed E-state index contributed by atoms with van der Waals surface area (Å²) in [5.41, 5.74) is -0.657. The molecule has 4 heteroatoms. The highest BCUT2D eigenvalue weighted by atomic mass is 16.6. The first-order valence-corrected chi connectivity index (χ1v) is 8.59. The molecule has 4 aliphatic rings. The number of carbonyl (C=O) groups excluding carboxylic acids is 2. The van der Waals surface area contributed by atoms with Gasteiger partial charge in [-0.1, -0.05) is 27.7 Å². The molecule has 0 atom stereocenters. The van der Waals surface area contributed by atoms with Crippen LogP contribution in [0.15, 0.2) is 0 Å². The van der Waals surface area contributed by atoms with Crippen LogP contribution in [0, 0.1) is 10.8 Å². The summed E-state index contributed by atoms with van der Waals surface area (Å²) in [7, 11) is 0. The molecule has 0 amide bonds. The molecule has 0 heterocycles. The molecule has 4 aliphatic carbocycles. The zero-order valence-electron chi connectivity index (χ0n) is 14.3. The summed E-state index contributed by atoms with van der Waals surface area (Å²) < 4.78 is 11.9. The second-order valence-electron chi connectivity index (χ2n) is 8.70. The van der Waals surface area contributed by atoms with E-state index in [2.05, 4.69) is 13.8 Å². The van der Waals surface area contributed by atoms with Crippen LogP contribution in [0.3, 0.4) is 0 Å². The maximum absolute atomic E-state index is 12.0. The summed E-state index contributed by atoms with van der Waals surface area (Å²) in [5.74, 6) is -0.266. The lowest BCUT2D eigenvalue weighted by Gasteiger charge is -2.67. The topological polar surface area (TPSA) is 52.6 Å². The fraction of sp³-hybridized carbons (Fsp3) is 0.889. The van der Waals surface area contributed by atoms with Crippen molar-refractivity contribution >= 4 is 11.9 Å². The molecule has 4 fully saturated rings. The summed E-state index contributed by atoms with van der Waals surface area (Å²) in [6.45, 7) is 8.20. The first-order chi connectivity index (χ1) is 10.2. The third-order valence-corrected chi connectivity index (χ3v) is 5.73. The zero-order valence-corrected chi connectivity index (χ0v) is 14.3. The Morgan fingerprint density at radius 3 is 1.41 bits per heavy atom. The molecule has 0 radical (unpaired) electrons. The second kappa shape index (κ2) is 4.72. The fourth-order valence-electron chi connectivity index (χ4n) is 6.32. The van der Waals surface area contributed by atoms with Crippen LogP contribution >= 0.6 is 0 Å². The molecule has 22 heavy (non-hydrogen) atoms. The van der Waals surface area contributed by atoms with Gasteiger partial charge in [0.2, 0.25) is 0 Å².